The molecule has 1 aromatic rings. The summed E-state index contributed by atoms with van der Waals surface area (Å²) in [6.07, 6.45) is 4.78. The molecular formula is C15H26N4O2. The van der Waals surface area contributed by atoms with Gasteiger partial charge in [-0.25, -0.2) is 0 Å². The number of likely N-dealkylation sites (tertiary alicyclic amines) is 1. The molecule has 1 aliphatic rings. The van der Waals surface area contributed by atoms with E-state index in [1.54, 1.807) is 11.8 Å². The van der Waals surface area contributed by atoms with Crippen LogP contribution in [0.4, 0.5) is 0 Å². The van der Waals surface area contributed by atoms with Crippen LogP contribution in [0, 0.1) is 12.8 Å². The standard InChI is InChI=1S/C15H26N4O2/c1-12-16-14(17-21-12)8-10-19(3)15(20)7-6-13-5-4-9-18(2)11-13/h13H,4-11H2,1-3H3/t13-/m0/s1. The predicted octanol–water partition coefficient (Wildman–Crippen LogP) is 1.50. The quantitative estimate of drug-likeness (QED) is 0.795. The van der Waals surface area contributed by atoms with Gasteiger partial charge in [0.05, 0.1) is 0 Å². The molecule has 1 aliphatic heterocycles. The Balaban J connectivity index is 1.67. The fourth-order valence-electron chi connectivity index (χ4n) is 2.86. The largest absolute Gasteiger partial charge is 0.345 e. The zero-order valence-electron chi connectivity index (χ0n) is 13.3. The summed E-state index contributed by atoms with van der Waals surface area (Å²) in [5.41, 5.74) is 0. The fourth-order valence-corrected chi connectivity index (χ4v) is 2.86. The molecule has 0 radical (unpaired) electrons. The van der Waals surface area contributed by atoms with Crippen LogP contribution in [0.5, 0.6) is 0 Å². The Morgan fingerprint density at radius 2 is 2.33 bits per heavy atom. The Labute approximate surface area is 126 Å². The highest BCUT2D eigenvalue weighted by Gasteiger charge is 2.19. The molecule has 0 spiro atoms. The summed E-state index contributed by atoms with van der Waals surface area (Å²) in [5, 5.41) is 3.85. The Kier molecular flexibility index (Phi) is 5.73. The van der Waals surface area contributed by atoms with Crippen molar-refractivity contribution in [2.24, 2.45) is 5.92 Å². The zero-order chi connectivity index (χ0) is 15.2. The monoisotopic (exact) mass is 294 g/mol. The average Bonchev–Trinajstić information content (AvgIpc) is 2.88. The van der Waals surface area contributed by atoms with Gasteiger partial charge in [0, 0.05) is 39.9 Å². The van der Waals surface area contributed by atoms with Gasteiger partial charge in [0.2, 0.25) is 11.8 Å². The minimum atomic E-state index is 0.212. The van der Waals surface area contributed by atoms with Gasteiger partial charge in [0.15, 0.2) is 5.82 Å². The van der Waals surface area contributed by atoms with Gasteiger partial charge < -0.3 is 14.3 Å². The molecule has 0 unspecified atom stereocenters. The van der Waals surface area contributed by atoms with Crippen LogP contribution in [0.15, 0.2) is 4.52 Å². The van der Waals surface area contributed by atoms with E-state index in [0.717, 1.165) is 13.0 Å². The lowest BCUT2D eigenvalue weighted by atomic mass is 9.93. The summed E-state index contributed by atoms with van der Waals surface area (Å²) < 4.78 is 4.92. The lowest BCUT2D eigenvalue weighted by Gasteiger charge is -2.29. The summed E-state index contributed by atoms with van der Waals surface area (Å²) in [7, 11) is 4.01. The topological polar surface area (TPSA) is 62.5 Å². The Hall–Kier alpha value is -1.43. The number of hydrogen-bond donors (Lipinski definition) is 0. The Morgan fingerprint density at radius 1 is 1.52 bits per heavy atom. The van der Waals surface area contributed by atoms with Gasteiger partial charge in [-0.1, -0.05) is 5.16 Å². The summed E-state index contributed by atoms with van der Waals surface area (Å²) in [6, 6.07) is 0. The number of hydrogen-bond acceptors (Lipinski definition) is 5. The van der Waals surface area contributed by atoms with Gasteiger partial charge in [-0.2, -0.15) is 4.98 Å². The van der Waals surface area contributed by atoms with Gasteiger partial charge in [-0.3, -0.25) is 4.79 Å². The van der Waals surface area contributed by atoms with Gasteiger partial charge in [0.25, 0.3) is 0 Å². The molecule has 1 aromatic heterocycles. The van der Waals surface area contributed by atoms with E-state index in [-0.39, 0.29) is 5.91 Å². The summed E-state index contributed by atoms with van der Waals surface area (Å²) in [6.45, 7) is 4.72. The van der Waals surface area contributed by atoms with Crippen LogP contribution in [0.2, 0.25) is 0 Å². The first-order chi connectivity index (χ1) is 10.0. The summed E-state index contributed by atoms with van der Waals surface area (Å²) in [5.74, 6) is 2.12. The molecule has 0 bridgehead atoms. The lowest BCUT2D eigenvalue weighted by Crippen LogP contribution is -2.34. The maximum Gasteiger partial charge on any atom is 0.223 e. The van der Waals surface area contributed by atoms with E-state index < -0.39 is 0 Å². The van der Waals surface area contributed by atoms with Gasteiger partial charge in [-0.15, -0.1) is 0 Å². The van der Waals surface area contributed by atoms with Crippen molar-refractivity contribution in [2.45, 2.75) is 39.0 Å². The average molecular weight is 294 g/mol. The van der Waals surface area contributed by atoms with Crippen LogP contribution < -0.4 is 0 Å². The van der Waals surface area contributed by atoms with Gasteiger partial charge >= 0.3 is 0 Å². The van der Waals surface area contributed by atoms with Crippen molar-refractivity contribution >= 4 is 5.91 Å². The van der Waals surface area contributed by atoms with Crippen LogP contribution >= 0.6 is 0 Å². The summed E-state index contributed by atoms with van der Waals surface area (Å²) in [4.78, 5) is 20.4. The van der Waals surface area contributed by atoms with Crippen LogP contribution in [0.1, 0.15) is 37.4 Å². The molecule has 6 nitrogen and oxygen atoms in total. The van der Waals surface area contributed by atoms with Crippen LogP contribution in [-0.4, -0.2) is 59.6 Å². The molecular weight excluding hydrogens is 268 g/mol. The molecule has 118 valence electrons. The highest BCUT2D eigenvalue weighted by Crippen LogP contribution is 2.20. The molecule has 0 aromatic carbocycles. The molecule has 0 aliphatic carbocycles. The number of aryl methyl sites for hydroxylation is 1. The van der Waals surface area contributed by atoms with E-state index >= 15 is 0 Å². The highest BCUT2D eigenvalue weighted by molar-refractivity contribution is 5.75. The number of amides is 1. The van der Waals surface area contributed by atoms with Crippen molar-refractivity contribution < 1.29 is 9.32 Å². The van der Waals surface area contributed by atoms with Crippen molar-refractivity contribution in [3.63, 3.8) is 0 Å². The van der Waals surface area contributed by atoms with Crippen molar-refractivity contribution in [1.82, 2.24) is 19.9 Å². The van der Waals surface area contributed by atoms with Crippen molar-refractivity contribution in [3.05, 3.63) is 11.7 Å². The first kappa shape index (κ1) is 15.9. The second kappa shape index (κ2) is 7.54. The number of likely N-dealkylation sites (N-methyl/N-ethyl adjacent to an activating group) is 1. The third kappa shape index (κ3) is 5.12. The molecule has 1 atom stereocenters. The van der Waals surface area contributed by atoms with Crippen LogP contribution in [0.25, 0.3) is 0 Å². The maximum atomic E-state index is 12.1. The molecule has 2 heterocycles. The van der Waals surface area contributed by atoms with E-state index in [4.69, 9.17) is 4.52 Å². The molecule has 0 N–H and O–H groups in total. The Morgan fingerprint density at radius 3 is 3.00 bits per heavy atom. The molecule has 2 rings (SSSR count). The fraction of sp³-hybridized carbons (Fsp3) is 0.800. The van der Waals surface area contributed by atoms with E-state index in [1.807, 2.05) is 7.05 Å². The number of piperidine rings is 1. The Bertz CT molecular complexity index is 460. The molecule has 1 amide bonds. The minimum Gasteiger partial charge on any atom is -0.345 e. The molecule has 21 heavy (non-hydrogen) atoms. The molecule has 1 fully saturated rings. The highest BCUT2D eigenvalue weighted by atomic mass is 16.5. The number of rotatable bonds is 6. The SMILES string of the molecule is Cc1nc(CCN(C)C(=O)CC[C@@H]2CCCN(C)C2)no1. The third-order valence-electron chi connectivity index (χ3n) is 4.15. The first-order valence-electron chi connectivity index (χ1n) is 7.76. The zero-order valence-corrected chi connectivity index (χ0v) is 13.3. The molecule has 0 saturated carbocycles. The van der Waals surface area contributed by atoms with Gasteiger partial charge in [-0.05, 0) is 38.8 Å². The van der Waals surface area contributed by atoms with E-state index in [0.29, 0.717) is 37.0 Å². The normalized spacial score (nSPS) is 19.7. The number of carbonyl (C=O) groups is 1. The number of carbonyl (C=O) groups excluding carboxylic acids is 1. The van der Waals surface area contributed by atoms with Crippen molar-refractivity contribution in [1.29, 1.82) is 0 Å². The number of aromatic nitrogens is 2. The second-order valence-electron chi connectivity index (χ2n) is 6.10. The van der Waals surface area contributed by atoms with E-state index in [1.165, 1.54) is 19.4 Å². The van der Waals surface area contributed by atoms with Crippen molar-refractivity contribution in [3.8, 4) is 0 Å². The maximum absolute atomic E-state index is 12.1. The predicted molar refractivity (Wildman–Crippen MR) is 79.8 cm³/mol. The molecule has 1 saturated heterocycles. The number of nitrogens with zero attached hydrogens (tertiary/aromatic N) is 4. The summed E-state index contributed by atoms with van der Waals surface area (Å²) >= 11 is 0. The first-order valence-corrected chi connectivity index (χ1v) is 7.76. The molecule has 6 heteroatoms. The van der Waals surface area contributed by atoms with E-state index in [2.05, 4.69) is 22.1 Å². The van der Waals surface area contributed by atoms with Gasteiger partial charge in [0.1, 0.15) is 0 Å². The van der Waals surface area contributed by atoms with Crippen molar-refractivity contribution in [2.75, 3.05) is 33.7 Å². The van der Waals surface area contributed by atoms with Crippen LogP contribution in [0.3, 0.4) is 0 Å². The second-order valence-corrected chi connectivity index (χ2v) is 6.10. The van der Waals surface area contributed by atoms with E-state index in [9.17, 15) is 4.79 Å². The smallest absolute Gasteiger partial charge is 0.223 e. The van der Waals surface area contributed by atoms with Crippen LogP contribution in [-0.2, 0) is 11.2 Å². The lowest BCUT2D eigenvalue weighted by molar-refractivity contribution is -0.130. The third-order valence-corrected chi connectivity index (χ3v) is 4.15. The minimum absolute atomic E-state index is 0.212.